The zero-order valence-corrected chi connectivity index (χ0v) is 11.3. The number of rotatable bonds is 1. The van der Waals surface area contributed by atoms with Crippen LogP contribution >= 0.6 is 0 Å². The van der Waals surface area contributed by atoms with Gasteiger partial charge in [-0.2, -0.15) is 0 Å². The van der Waals surface area contributed by atoms with Gasteiger partial charge >= 0.3 is 0 Å². The van der Waals surface area contributed by atoms with Crippen LogP contribution in [-0.4, -0.2) is 43.1 Å². The third-order valence-electron chi connectivity index (χ3n) is 4.04. The Morgan fingerprint density at radius 2 is 2.26 bits per heavy atom. The first-order valence-electron chi connectivity index (χ1n) is 7.00. The van der Waals surface area contributed by atoms with Gasteiger partial charge < -0.3 is 15.0 Å². The monoisotopic (exact) mass is 260 g/mol. The molecule has 2 atom stereocenters. The smallest absolute Gasteiger partial charge is 0.230 e. The topological polar surface area (TPSA) is 41.6 Å². The van der Waals surface area contributed by atoms with Crippen molar-refractivity contribution in [2.75, 3.05) is 26.2 Å². The number of ether oxygens (including phenoxy) is 1. The molecular weight excluding hydrogens is 240 g/mol. The fourth-order valence-electron chi connectivity index (χ4n) is 2.97. The normalized spacial score (nSPS) is 26.5. The molecule has 0 aromatic heterocycles. The molecule has 2 aliphatic rings. The highest BCUT2D eigenvalue weighted by molar-refractivity contribution is 5.85. The fourth-order valence-corrected chi connectivity index (χ4v) is 2.97. The summed E-state index contributed by atoms with van der Waals surface area (Å²) in [5, 5.41) is 3.32. The number of amides is 1. The maximum atomic E-state index is 12.8. The minimum absolute atomic E-state index is 0.0366. The first-order chi connectivity index (χ1) is 9.27. The molecule has 3 rings (SSSR count). The highest BCUT2D eigenvalue weighted by Gasteiger charge is 2.33. The summed E-state index contributed by atoms with van der Waals surface area (Å²) in [7, 11) is 0. The molecule has 19 heavy (non-hydrogen) atoms. The van der Waals surface area contributed by atoms with E-state index in [4.69, 9.17) is 4.74 Å². The van der Waals surface area contributed by atoms with Crippen LogP contribution in [0.5, 0.6) is 5.75 Å². The summed E-state index contributed by atoms with van der Waals surface area (Å²) in [6.07, 6.45) is 0.784. The van der Waals surface area contributed by atoms with Crippen LogP contribution in [0.15, 0.2) is 24.3 Å². The lowest BCUT2D eigenvalue weighted by Gasteiger charge is -2.37. The van der Waals surface area contributed by atoms with Crippen LogP contribution in [0.2, 0.25) is 0 Å². The summed E-state index contributed by atoms with van der Waals surface area (Å²) in [5.74, 6) is 1.09. The van der Waals surface area contributed by atoms with Gasteiger partial charge in [0.1, 0.15) is 5.75 Å². The van der Waals surface area contributed by atoms with Gasteiger partial charge in [0.05, 0.1) is 12.5 Å². The van der Waals surface area contributed by atoms with E-state index in [0.29, 0.717) is 6.61 Å². The van der Waals surface area contributed by atoms with E-state index in [1.54, 1.807) is 0 Å². The fraction of sp³-hybridized carbons (Fsp3) is 0.533. The second kappa shape index (κ2) is 5.21. The molecule has 0 saturated carbocycles. The summed E-state index contributed by atoms with van der Waals surface area (Å²) < 4.78 is 5.63. The summed E-state index contributed by atoms with van der Waals surface area (Å²) >= 11 is 0. The van der Waals surface area contributed by atoms with Gasteiger partial charge in [0, 0.05) is 31.2 Å². The molecule has 102 valence electrons. The molecule has 2 aliphatic heterocycles. The Labute approximate surface area is 113 Å². The molecule has 0 unspecified atom stereocenters. The predicted molar refractivity (Wildman–Crippen MR) is 73.3 cm³/mol. The van der Waals surface area contributed by atoms with E-state index in [-0.39, 0.29) is 17.9 Å². The van der Waals surface area contributed by atoms with E-state index >= 15 is 0 Å². The first kappa shape index (κ1) is 12.5. The van der Waals surface area contributed by atoms with E-state index in [1.807, 2.05) is 29.2 Å². The number of para-hydroxylation sites is 1. The van der Waals surface area contributed by atoms with Gasteiger partial charge in [-0.15, -0.1) is 0 Å². The van der Waals surface area contributed by atoms with Crippen LogP contribution in [0.25, 0.3) is 0 Å². The summed E-state index contributed by atoms with van der Waals surface area (Å²) in [6, 6.07) is 8.19. The number of fused-ring (bicyclic) bond motifs is 1. The number of nitrogens with one attached hydrogen (secondary N) is 1. The minimum atomic E-state index is -0.0366. The van der Waals surface area contributed by atoms with Crippen LogP contribution in [-0.2, 0) is 4.79 Å². The molecule has 0 spiro atoms. The van der Waals surface area contributed by atoms with E-state index in [0.717, 1.165) is 37.4 Å². The molecule has 1 saturated heterocycles. The number of benzene rings is 1. The van der Waals surface area contributed by atoms with Crippen LogP contribution < -0.4 is 10.1 Å². The molecule has 0 radical (unpaired) electrons. The van der Waals surface area contributed by atoms with Gasteiger partial charge in [0.25, 0.3) is 0 Å². The molecule has 4 heteroatoms. The van der Waals surface area contributed by atoms with Crippen molar-refractivity contribution in [3.05, 3.63) is 29.8 Å². The Balaban J connectivity index is 1.84. The zero-order chi connectivity index (χ0) is 13.2. The second-order valence-corrected chi connectivity index (χ2v) is 5.31. The number of nitrogens with zero attached hydrogens (tertiary/aromatic N) is 1. The Morgan fingerprint density at radius 3 is 3.11 bits per heavy atom. The summed E-state index contributed by atoms with van der Waals surface area (Å²) in [5.41, 5.74) is 1.05. The van der Waals surface area contributed by atoms with Crippen LogP contribution in [0, 0.1) is 0 Å². The Kier molecular flexibility index (Phi) is 3.42. The molecule has 2 heterocycles. The van der Waals surface area contributed by atoms with Crippen molar-refractivity contribution in [2.45, 2.75) is 25.3 Å². The SMILES string of the molecule is C[C@H]1CNCCN1C(=O)[C@@H]1CCOc2ccccc21. The Morgan fingerprint density at radius 1 is 1.42 bits per heavy atom. The van der Waals surface area contributed by atoms with Gasteiger partial charge in [-0.25, -0.2) is 0 Å². The molecule has 1 fully saturated rings. The number of carbonyl (C=O) groups excluding carboxylic acids is 1. The molecule has 1 amide bonds. The van der Waals surface area contributed by atoms with Crippen molar-refractivity contribution in [2.24, 2.45) is 0 Å². The molecule has 4 nitrogen and oxygen atoms in total. The lowest BCUT2D eigenvalue weighted by molar-refractivity contribution is -0.136. The van der Waals surface area contributed by atoms with Crippen LogP contribution in [0.3, 0.4) is 0 Å². The van der Waals surface area contributed by atoms with Crippen molar-refractivity contribution in [3.8, 4) is 5.75 Å². The standard InChI is InChI=1S/C15H20N2O2/c1-11-10-16-7-8-17(11)15(18)13-6-9-19-14-5-3-2-4-12(13)14/h2-5,11,13,16H,6-10H2,1H3/t11-,13+/m0/s1. The van der Waals surface area contributed by atoms with E-state index in [9.17, 15) is 4.79 Å². The van der Waals surface area contributed by atoms with Gasteiger partial charge in [-0.1, -0.05) is 18.2 Å². The number of hydrogen-bond donors (Lipinski definition) is 1. The highest BCUT2D eigenvalue weighted by Crippen LogP contribution is 2.34. The maximum absolute atomic E-state index is 12.8. The molecule has 0 aliphatic carbocycles. The summed E-state index contributed by atoms with van der Waals surface area (Å²) in [6.45, 7) is 5.32. The molecule has 1 N–H and O–H groups in total. The van der Waals surface area contributed by atoms with Crippen molar-refractivity contribution < 1.29 is 9.53 Å². The summed E-state index contributed by atoms with van der Waals surface area (Å²) in [4.78, 5) is 14.8. The average Bonchev–Trinajstić information content (AvgIpc) is 2.46. The third-order valence-corrected chi connectivity index (χ3v) is 4.04. The van der Waals surface area contributed by atoms with Crippen molar-refractivity contribution in [1.82, 2.24) is 10.2 Å². The van der Waals surface area contributed by atoms with Crippen molar-refractivity contribution in [1.29, 1.82) is 0 Å². The van der Waals surface area contributed by atoms with E-state index in [1.165, 1.54) is 0 Å². The number of hydrogen-bond acceptors (Lipinski definition) is 3. The van der Waals surface area contributed by atoms with Gasteiger partial charge in [-0.05, 0) is 19.4 Å². The molecule has 0 bridgehead atoms. The van der Waals surface area contributed by atoms with Crippen molar-refractivity contribution >= 4 is 5.91 Å². The average molecular weight is 260 g/mol. The van der Waals surface area contributed by atoms with Crippen LogP contribution in [0.1, 0.15) is 24.8 Å². The van der Waals surface area contributed by atoms with Gasteiger partial charge in [0.15, 0.2) is 0 Å². The molecule has 1 aromatic carbocycles. The largest absolute Gasteiger partial charge is 0.493 e. The predicted octanol–water partition coefficient (Wildman–Crippen LogP) is 1.37. The quantitative estimate of drug-likeness (QED) is 0.829. The lowest BCUT2D eigenvalue weighted by atomic mass is 9.91. The number of carbonyl (C=O) groups is 1. The molecular formula is C15H20N2O2. The number of piperazine rings is 1. The first-order valence-corrected chi connectivity index (χ1v) is 7.00. The van der Waals surface area contributed by atoms with Gasteiger partial charge in [-0.3, -0.25) is 4.79 Å². The second-order valence-electron chi connectivity index (χ2n) is 5.31. The van der Waals surface area contributed by atoms with Crippen LogP contribution in [0.4, 0.5) is 0 Å². The molecule has 1 aromatic rings. The zero-order valence-electron chi connectivity index (χ0n) is 11.3. The van der Waals surface area contributed by atoms with E-state index < -0.39 is 0 Å². The minimum Gasteiger partial charge on any atom is -0.493 e. The maximum Gasteiger partial charge on any atom is 0.230 e. The van der Waals surface area contributed by atoms with Crippen molar-refractivity contribution in [3.63, 3.8) is 0 Å². The lowest BCUT2D eigenvalue weighted by Crippen LogP contribution is -2.53. The van der Waals surface area contributed by atoms with E-state index in [2.05, 4.69) is 12.2 Å². The van der Waals surface area contributed by atoms with Gasteiger partial charge in [0.2, 0.25) is 5.91 Å². The third kappa shape index (κ3) is 2.32. The highest BCUT2D eigenvalue weighted by atomic mass is 16.5. The Bertz CT molecular complexity index is 475. The Hall–Kier alpha value is -1.55.